The van der Waals surface area contributed by atoms with E-state index in [4.69, 9.17) is 4.74 Å². The molecule has 142 valence electrons. The molecule has 0 aliphatic carbocycles. The van der Waals surface area contributed by atoms with Gasteiger partial charge >= 0.3 is 0 Å². The highest BCUT2D eigenvalue weighted by Crippen LogP contribution is 2.32. The molecule has 0 radical (unpaired) electrons. The van der Waals surface area contributed by atoms with Crippen LogP contribution in [-0.2, 0) is 21.1 Å². The third-order valence-corrected chi connectivity index (χ3v) is 7.08. The van der Waals surface area contributed by atoms with Crippen molar-refractivity contribution in [2.75, 3.05) is 32.6 Å². The van der Waals surface area contributed by atoms with Gasteiger partial charge in [-0.3, -0.25) is 4.90 Å². The summed E-state index contributed by atoms with van der Waals surface area (Å²) in [7, 11) is -3.72. The van der Waals surface area contributed by atoms with E-state index in [1.807, 2.05) is 12.3 Å². The summed E-state index contributed by atoms with van der Waals surface area (Å²) in [5, 5.41) is 4.87. The number of hydrogen-bond donors (Lipinski definition) is 0. The maximum atomic E-state index is 13.3. The number of aromatic nitrogens is 3. The molecule has 0 saturated carbocycles. The molecular formula is C18H20N4O3S2. The molecule has 3 heterocycles. The Morgan fingerprint density at radius 1 is 1.15 bits per heavy atom. The number of sulfone groups is 1. The average Bonchev–Trinajstić information content (AvgIpc) is 3.08. The minimum atomic E-state index is -3.72. The number of nitrogens with zero attached hydrogens (tertiary/aromatic N) is 4. The zero-order chi connectivity index (χ0) is 18.9. The van der Waals surface area contributed by atoms with Crippen molar-refractivity contribution in [1.29, 1.82) is 0 Å². The molecule has 3 aromatic rings. The molecule has 0 N–H and O–H groups in total. The Kier molecular flexibility index (Phi) is 5.18. The summed E-state index contributed by atoms with van der Waals surface area (Å²) in [5.41, 5.74) is 1.19. The van der Waals surface area contributed by atoms with Crippen LogP contribution in [0, 0.1) is 0 Å². The van der Waals surface area contributed by atoms with Crippen LogP contribution in [0.25, 0.3) is 5.65 Å². The van der Waals surface area contributed by atoms with Gasteiger partial charge in [-0.05, 0) is 24.5 Å². The Bertz CT molecular complexity index is 1050. The molecule has 1 aliphatic rings. The van der Waals surface area contributed by atoms with E-state index in [0.29, 0.717) is 30.4 Å². The molecule has 4 rings (SSSR count). The number of fused-ring (bicyclic) bond motifs is 1. The van der Waals surface area contributed by atoms with Crippen molar-refractivity contribution in [3.63, 3.8) is 0 Å². The first-order valence-corrected chi connectivity index (χ1v) is 11.3. The molecule has 0 bridgehead atoms. The van der Waals surface area contributed by atoms with Gasteiger partial charge in [0.15, 0.2) is 10.5 Å². The van der Waals surface area contributed by atoms with Gasteiger partial charge in [0.05, 0.1) is 23.8 Å². The van der Waals surface area contributed by atoms with E-state index in [1.165, 1.54) is 11.8 Å². The molecule has 7 nitrogen and oxygen atoms in total. The van der Waals surface area contributed by atoms with E-state index >= 15 is 0 Å². The first kappa shape index (κ1) is 18.4. The van der Waals surface area contributed by atoms with Gasteiger partial charge in [0, 0.05) is 25.8 Å². The molecule has 0 spiro atoms. The van der Waals surface area contributed by atoms with Gasteiger partial charge < -0.3 is 4.74 Å². The van der Waals surface area contributed by atoms with Crippen LogP contribution in [0.4, 0.5) is 0 Å². The maximum Gasteiger partial charge on any atom is 0.213 e. The van der Waals surface area contributed by atoms with Crippen LogP contribution in [-0.4, -0.2) is 60.5 Å². The highest BCUT2D eigenvalue weighted by atomic mass is 32.2. The number of ether oxygens (including phenoxy) is 1. The second-order valence-corrected chi connectivity index (χ2v) is 8.91. The van der Waals surface area contributed by atoms with E-state index in [1.54, 1.807) is 41.0 Å². The quantitative estimate of drug-likeness (QED) is 0.603. The van der Waals surface area contributed by atoms with E-state index in [9.17, 15) is 8.42 Å². The van der Waals surface area contributed by atoms with Crippen molar-refractivity contribution in [1.82, 2.24) is 19.5 Å². The van der Waals surface area contributed by atoms with Crippen molar-refractivity contribution >= 4 is 27.2 Å². The Balaban J connectivity index is 1.80. The van der Waals surface area contributed by atoms with Crippen molar-refractivity contribution < 1.29 is 13.2 Å². The SMILES string of the molecule is CSc1nn2ccc(CN3CCOCC3)nc2c1S(=O)(=O)c1ccccc1. The number of morpholine rings is 1. The fourth-order valence-corrected chi connectivity index (χ4v) is 5.52. The van der Waals surface area contributed by atoms with Crippen LogP contribution >= 0.6 is 11.8 Å². The number of rotatable bonds is 5. The Labute approximate surface area is 162 Å². The zero-order valence-electron chi connectivity index (χ0n) is 14.9. The zero-order valence-corrected chi connectivity index (χ0v) is 16.5. The summed E-state index contributed by atoms with van der Waals surface area (Å²) >= 11 is 1.31. The van der Waals surface area contributed by atoms with Crippen LogP contribution in [0.15, 0.2) is 57.4 Å². The summed E-state index contributed by atoms with van der Waals surface area (Å²) in [6.07, 6.45) is 3.60. The monoisotopic (exact) mass is 404 g/mol. The molecule has 27 heavy (non-hydrogen) atoms. The minimum Gasteiger partial charge on any atom is -0.379 e. The lowest BCUT2D eigenvalue weighted by Crippen LogP contribution is -2.35. The molecule has 0 atom stereocenters. The highest BCUT2D eigenvalue weighted by Gasteiger charge is 2.28. The number of benzene rings is 1. The lowest BCUT2D eigenvalue weighted by atomic mass is 10.3. The lowest BCUT2D eigenvalue weighted by molar-refractivity contribution is 0.0336. The minimum absolute atomic E-state index is 0.171. The predicted molar refractivity (Wildman–Crippen MR) is 103 cm³/mol. The van der Waals surface area contributed by atoms with Crippen LogP contribution in [0.3, 0.4) is 0 Å². The van der Waals surface area contributed by atoms with Gasteiger partial charge in [-0.25, -0.2) is 17.9 Å². The Hall–Kier alpha value is -1.94. The van der Waals surface area contributed by atoms with Gasteiger partial charge in [0.1, 0.15) is 5.03 Å². The molecule has 9 heteroatoms. The van der Waals surface area contributed by atoms with Crippen LogP contribution in [0.5, 0.6) is 0 Å². The van der Waals surface area contributed by atoms with Crippen LogP contribution < -0.4 is 0 Å². The first-order valence-electron chi connectivity index (χ1n) is 8.62. The molecule has 0 unspecified atom stereocenters. The summed E-state index contributed by atoms with van der Waals surface area (Å²) in [5.74, 6) is 0. The fraction of sp³-hybridized carbons (Fsp3) is 0.333. The van der Waals surface area contributed by atoms with E-state index in [2.05, 4.69) is 15.0 Å². The molecule has 1 aliphatic heterocycles. The molecule has 1 saturated heterocycles. The fourth-order valence-electron chi connectivity index (χ4n) is 3.09. The first-order chi connectivity index (χ1) is 13.1. The highest BCUT2D eigenvalue weighted by molar-refractivity contribution is 7.99. The number of thioether (sulfide) groups is 1. The molecule has 2 aromatic heterocycles. The third kappa shape index (κ3) is 3.60. The van der Waals surface area contributed by atoms with Crippen molar-refractivity contribution in [3.8, 4) is 0 Å². The maximum absolute atomic E-state index is 13.3. The van der Waals surface area contributed by atoms with Gasteiger partial charge in [-0.2, -0.15) is 5.10 Å². The van der Waals surface area contributed by atoms with E-state index < -0.39 is 9.84 Å². The normalized spacial score (nSPS) is 16.0. The third-order valence-electron chi connectivity index (χ3n) is 4.48. The van der Waals surface area contributed by atoms with Crippen LogP contribution in [0.1, 0.15) is 5.69 Å². The van der Waals surface area contributed by atoms with Gasteiger partial charge in [-0.1, -0.05) is 18.2 Å². The summed E-state index contributed by atoms with van der Waals surface area (Å²) in [6.45, 7) is 3.76. The summed E-state index contributed by atoms with van der Waals surface area (Å²) < 4.78 is 33.4. The van der Waals surface area contributed by atoms with E-state index in [-0.39, 0.29) is 9.79 Å². The smallest absolute Gasteiger partial charge is 0.213 e. The topological polar surface area (TPSA) is 76.8 Å². The lowest BCUT2D eigenvalue weighted by Gasteiger charge is -2.26. The number of hydrogen-bond acceptors (Lipinski definition) is 7. The van der Waals surface area contributed by atoms with Crippen LogP contribution in [0.2, 0.25) is 0 Å². The van der Waals surface area contributed by atoms with Crippen molar-refractivity contribution in [3.05, 3.63) is 48.3 Å². The second-order valence-electron chi connectivity index (χ2n) is 6.23. The van der Waals surface area contributed by atoms with Gasteiger partial charge in [0.2, 0.25) is 9.84 Å². The molecule has 1 fully saturated rings. The van der Waals surface area contributed by atoms with Crippen molar-refractivity contribution in [2.45, 2.75) is 21.4 Å². The average molecular weight is 405 g/mol. The Morgan fingerprint density at radius 2 is 1.89 bits per heavy atom. The second kappa shape index (κ2) is 7.59. The Morgan fingerprint density at radius 3 is 2.59 bits per heavy atom. The van der Waals surface area contributed by atoms with Gasteiger partial charge in [-0.15, -0.1) is 11.8 Å². The standard InChI is InChI=1S/C18H20N4O3S2/c1-26-18-16(27(23,24)15-5-3-2-4-6-15)17-19-14(7-8-22(17)20-18)13-21-9-11-25-12-10-21/h2-8H,9-13H2,1H3. The van der Waals surface area contributed by atoms with Gasteiger partial charge in [0.25, 0.3) is 0 Å². The molecule has 0 amide bonds. The molecular weight excluding hydrogens is 384 g/mol. The predicted octanol–water partition coefficient (Wildman–Crippen LogP) is 2.12. The summed E-state index contributed by atoms with van der Waals surface area (Å²) in [4.78, 5) is 7.32. The largest absolute Gasteiger partial charge is 0.379 e. The molecule has 1 aromatic carbocycles. The van der Waals surface area contributed by atoms with E-state index in [0.717, 1.165) is 18.8 Å². The van der Waals surface area contributed by atoms with Crippen molar-refractivity contribution in [2.24, 2.45) is 0 Å². The summed E-state index contributed by atoms with van der Waals surface area (Å²) in [6, 6.07) is 10.3.